The van der Waals surface area contributed by atoms with Crippen LogP contribution in [0.2, 0.25) is 0 Å². The van der Waals surface area contributed by atoms with E-state index in [1.807, 2.05) is 0 Å². The van der Waals surface area contributed by atoms with E-state index in [1.165, 1.54) is 0 Å². The van der Waals surface area contributed by atoms with Gasteiger partial charge in [-0.05, 0) is 34.5 Å². The minimum atomic E-state index is 0.564. The molecule has 1 aromatic rings. The molecule has 0 aliphatic rings. The molecule has 0 aliphatic carbocycles. The van der Waals surface area contributed by atoms with E-state index in [-0.39, 0.29) is 0 Å². The standard InChI is InChI=1S/C10H12BrO3/c1-6-5-7(12-2)9(13-3)10(14-4)8(6)11/h5H,1H2,2-4H3. The SMILES string of the molecule is [CH2]c1cc(OC)c(OC)c(OC)c1Br. The number of benzene rings is 1. The Labute approximate surface area is 92.1 Å². The summed E-state index contributed by atoms with van der Waals surface area (Å²) in [5.41, 5.74) is 0.791. The summed E-state index contributed by atoms with van der Waals surface area (Å²) in [4.78, 5) is 0. The fraction of sp³-hybridized carbons (Fsp3) is 0.300. The van der Waals surface area contributed by atoms with Crippen molar-refractivity contribution in [3.8, 4) is 17.2 Å². The highest BCUT2D eigenvalue weighted by Gasteiger charge is 2.16. The van der Waals surface area contributed by atoms with Crippen molar-refractivity contribution in [2.24, 2.45) is 0 Å². The Morgan fingerprint density at radius 1 is 1.07 bits per heavy atom. The lowest BCUT2D eigenvalue weighted by molar-refractivity contribution is 0.323. The maximum atomic E-state index is 5.20. The summed E-state index contributed by atoms with van der Waals surface area (Å²) >= 11 is 3.37. The van der Waals surface area contributed by atoms with Gasteiger partial charge in [-0.3, -0.25) is 0 Å². The highest BCUT2D eigenvalue weighted by atomic mass is 79.9. The molecule has 1 radical (unpaired) electrons. The summed E-state index contributed by atoms with van der Waals surface area (Å²) in [6.07, 6.45) is 0. The van der Waals surface area contributed by atoms with Gasteiger partial charge >= 0.3 is 0 Å². The first-order valence-corrected chi connectivity index (χ1v) is 4.75. The van der Waals surface area contributed by atoms with Gasteiger partial charge in [0.15, 0.2) is 11.5 Å². The monoisotopic (exact) mass is 259 g/mol. The molecule has 14 heavy (non-hydrogen) atoms. The van der Waals surface area contributed by atoms with Gasteiger partial charge in [-0.2, -0.15) is 0 Å². The second-order valence-corrected chi connectivity index (χ2v) is 3.41. The first-order chi connectivity index (χ1) is 6.65. The van der Waals surface area contributed by atoms with E-state index < -0.39 is 0 Å². The van der Waals surface area contributed by atoms with Crippen molar-refractivity contribution in [1.29, 1.82) is 0 Å². The molecule has 0 saturated heterocycles. The van der Waals surface area contributed by atoms with E-state index >= 15 is 0 Å². The number of halogens is 1. The zero-order valence-corrected chi connectivity index (χ0v) is 9.97. The molecule has 0 heterocycles. The highest BCUT2D eigenvalue weighted by Crippen LogP contribution is 2.44. The Kier molecular flexibility index (Phi) is 3.63. The van der Waals surface area contributed by atoms with Crippen LogP contribution < -0.4 is 14.2 Å². The number of hydrogen-bond acceptors (Lipinski definition) is 3. The lowest BCUT2D eigenvalue weighted by atomic mass is 10.2. The van der Waals surface area contributed by atoms with E-state index in [2.05, 4.69) is 22.9 Å². The number of rotatable bonds is 3. The van der Waals surface area contributed by atoms with Gasteiger partial charge in [0.2, 0.25) is 5.75 Å². The molecule has 0 unspecified atom stereocenters. The summed E-state index contributed by atoms with van der Waals surface area (Å²) < 4.78 is 16.3. The average Bonchev–Trinajstić information content (AvgIpc) is 2.20. The van der Waals surface area contributed by atoms with Crippen LogP contribution in [0.15, 0.2) is 10.5 Å². The molecule has 0 saturated carbocycles. The van der Waals surface area contributed by atoms with Gasteiger partial charge < -0.3 is 14.2 Å². The summed E-state index contributed by atoms with van der Waals surface area (Å²) in [6, 6.07) is 1.78. The van der Waals surface area contributed by atoms with Crippen LogP contribution in [0.25, 0.3) is 0 Å². The normalized spacial score (nSPS) is 9.79. The van der Waals surface area contributed by atoms with Crippen molar-refractivity contribution in [3.63, 3.8) is 0 Å². The van der Waals surface area contributed by atoms with Crippen LogP contribution in [0, 0.1) is 6.92 Å². The molecule has 1 rings (SSSR count). The molecule has 0 atom stereocenters. The maximum Gasteiger partial charge on any atom is 0.204 e. The molecule has 0 bridgehead atoms. The van der Waals surface area contributed by atoms with Crippen LogP contribution in [0.5, 0.6) is 17.2 Å². The quantitative estimate of drug-likeness (QED) is 0.836. The molecule has 77 valence electrons. The van der Waals surface area contributed by atoms with Gasteiger partial charge in [-0.15, -0.1) is 0 Å². The van der Waals surface area contributed by atoms with Gasteiger partial charge in [-0.25, -0.2) is 0 Å². The summed E-state index contributed by atoms with van der Waals surface area (Å²) in [5.74, 6) is 1.77. The fourth-order valence-electron chi connectivity index (χ4n) is 1.17. The predicted octanol–water partition coefficient (Wildman–Crippen LogP) is 2.66. The zero-order chi connectivity index (χ0) is 10.7. The number of methoxy groups -OCH3 is 3. The molecule has 0 aromatic heterocycles. The largest absolute Gasteiger partial charge is 0.493 e. The molecular formula is C10H12BrO3. The van der Waals surface area contributed by atoms with Crippen LogP contribution in [-0.4, -0.2) is 21.3 Å². The Bertz CT molecular complexity index is 337. The van der Waals surface area contributed by atoms with Crippen LogP contribution in [0.3, 0.4) is 0 Å². The van der Waals surface area contributed by atoms with Crippen LogP contribution in [-0.2, 0) is 0 Å². The number of hydrogen-bond donors (Lipinski definition) is 0. The predicted molar refractivity (Wildman–Crippen MR) is 58.3 cm³/mol. The molecule has 3 nitrogen and oxygen atoms in total. The van der Waals surface area contributed by atoms with Crippen molar-refractivity contribution in [3.05, 3.63) is 23.0 Å². The summed E-state index contributed by atoms with van der Waals surface area (Å²) in [7, 11) is 4.71. The van der Waals surface area contributed by atoms with Gasteiger partial charge in [0.1, 0.15) is 0 Å². The Hall–Kier alpha value is -0.900. The topological polar surface area (TPSA) is 27.7 Å². The van der Waals surface area contributed by atoms with E-state index in [1.54, 1.807) is 27.4 Å². The van der Waals surface area contributed by atoms with Crippen molar-refractivity contribution in [2.75, 3.05) is 21.3 Å². The molecule has 0 spiro atoms. The minimum Gasteiger partial charge on any atom is -0.493 e. The van der Waals surface area contributed by atoms with E-state index in [0.717, 1.165) is 10.0 Å². The average molecular weight is 260 g/mol. The fourth-order valence-corrected chi connectivity index (χ4v) is 1.63. The van der Waals surface area contributed by atoms with Crippen molar-refractivity contribution >= 4 is 15.9 Å². The Morgan fingerprint density at radius 2 is 1.64 bits per heavy atom. The minimum absolute atomic E-state index is 0.564. The van der Waals surface area contributed by atoms with Gasteiger partial charge in [0, 0.05) is 0 Å². The third kappa shape index (κ3) is 1.80. The molecule has 1 aromatic carbocycles. The Balaban J connectivity index is 3.42. The first-order valence-electron chi connectivity index (χ1n) is 3.96. The van der Waals surface area contributed by atoms with E-state index in [9.17, 15) is 0 Å². The van der Waals surface area contributed by atoms with Gasteiger partial charge in [-0.1, -0.05) is 0 Å². The highest BCUT2D eigenvalue weighted by molar-refractivity contribution is 9.10. The second-order valence-electron chi connectivity index (χ2n) is 2.62. The number of ether oxygens (including phenoxy) is 3. The third-order valence-corrected chi connectivity index (χ3v) is 2.71. The second kappa shape index (κ2) is 4.55. The van der Waals surface area contributed by atoms with Crippen LogP contribution in [0.1, 0.15) is 5.56 Å². The molecular weight excluding hydrogens is 248 g/mol. The molecule has 0 fully saturated rings. The van der Waals surface area contributed by atoms with E-state index in [0.29, 0.717) is 17.2 Å². The van der Waals surface area contributed by atoms with Gasteiger partial charge in [0.05, 0.1) is 25.8 Å². The lowest BCUT2D eigenvalue weighted by Gasteiger charge is -2.14. The van der Waals surface area contributed by atoms with Crippen molar-refractivity contribution in [1.82, 2.24) is 0 Å². The first kappa shape index (κ1) is 11.2. The molecule has 0 aliphatic heterocycles. The zero-order valence-electron chi connectivity index (χ0n) is 8.39. The van der Waals surface area contributed by atoms with Crippen LogP contribution >= 0.6 is 15.9 Å². The summed E-state index contributed by atoms with van der Waals surface area (Å²) in [6.45, 7) is 3.85. The smallest absolute Gasteiger partial charge is 0.204 e. The third-order valence-electron chi connectivity index (χ3n) is 1.84. The Morgan fingerprint density at radius 3 is 2.07 bits per heavy atom. The molecule has 0 N–H and O–H groups in total. The van der Waals surface area contributed by atoms with Crippen LogP contribution in [0.4, 0.5) is 0 Å². The molecule has 0 amide bonds. The van der Waals surface area contributed by atoms with E-state index in [4.69, 9.17) is 14.2 Å². The van der Waals surface area contributed by atoms with Crippen molar-refractivity contribution in [2.45, 2.75) is 0 Å². The van der Waals surface area contributed by atoms with Gasteiger partial charge in [0.25, 0.3) is 0 Å². The summed E-state index contributed by atoms with van der Waals surface area (Å²) in [5, 5.41) is 0. The maximum absolute atomic E-state index is 5.20. The van der Waals surface area contributed by atoms with Crippen molar-refractivity contribution < 1.29 is 14.2 Å². The molecule has 4 heteroatoms. The lowest BCUT2D eigenvalue weighted by Crippen LogP contribution is -1.96.